The Bertz CT molecular complexity index is 49.7. The zero-order valence-electron chi connectivity index (χ0n) is 5.86. The van der Waals surface area contributed by atoms with Crippen molar-refractivity contribution >= 4 is 0 Å². The van der Waals surface area contributed by atoms with Crippen LogP contribution in [0.5, 0.6) is 0 Å². The topological polar surface area (TPSA) is 55.4 Å². The van der Waals surface area contributed by atoms with Crippen molar-refractivity contribution in [2.24, 2.45) is 0 Å². The van der Waals surface area contributed by atoms with Crippen LogP contribution in [-0.4, -0.2) is 27.8 Å². The number of ether oxygens (including phenoxy) is 2. The van der Waals surface area contributed by atoms with Crippen LogP contribution in [0.2, 0.25) is 0 Å². The van der Waals surface area contributed by atoms with Crippen LogP contribution in [0.4, 0.5) is 0 Å². The van der Waals surface area contributed by atoms with Crippen molar-refractivity contribution in [2.75, 3.05) is 27.8 Å². The van der Waals surface area contributed by atoms with Gasteiger partial charge in [0.05, 0.1) is 7.11 Å². The lowest BCUT2D eigenvalue weighted by Crippen LogP contribution is -2.03. The van der Waals surface area contributed by atoms with Crippen LogP contribution >= 0.6 is 0 Å². The fourth-order valence-corrected chi connectivity index (χ4v) is 0.218. The monoisotopic (exact) mass is 154 g/mol. The molecule has 0 fully saturated rings. The molecule has 0 heterocycles. The van der Waals surface area contributed by atoms with Gasteiger partial charge in [0, 0.05) is 7.11 Å². The molecule has 0 radical (unpaired) electrons. The Kier molecular flexibility index (Phi) is 8.55. The third-order valence-electron chi connectivity index (χ3n) is 0.477. The Hall–Kier alpha value is -0.240. The summed E-state index contributed by atoms with van der Waals surface area (Å²) >= 11 is 0. The first-order chi connectivity index (χ1) is 4.91. The number of hydrogen-bond acceptors (Lipinski definition) is 6. The van der Waals surface area contributed by atoms with Crippen molar-refractivity contribution in [2.45, 2.75) is 0 Å². The molecule has 0 unspecified atom stereocenters. The second-order valence-electron chi connectivity index (χ2n) is 1.15. The second kappa shape index (κ2) is 8.76. The van der Waals surface area contributed by atoms with E-state index < -0.39 is 0 Å². The van der Waals surface area contributed by atoms with Crippen molar-refractivity contribution in [3.63, 3.8) is 0 Å². The molecule has 0 rings (SSSR count). The van der Waals surface area contributed by atoms with Crippen molar-refractivity contribution in [1.82, 2.24) is 0 Å². The molecule has 0 spiro atoms. The van der Waals surface area contributed by atoms with E-state index in [1.807, 2.05) is 0 Å². The van der Waals surface area contributed by atoms with Gasteiger partial charge in [0.15, 0.2) is 6.79 Å². The molecule has 0 N–H and O–H groups in total. The lowest BCUT2D eigenvalue weighted by Gasteiger charge is -2.00. The predicted octanol–water partition coefficient (Wildman–Crippen LogP) is 0.00560. The second-order valence-corrected chi connectivity index (χ2v) is 1.15. The highest BCUT2D eigenvalue weighted by atomic mass is 17.7. The van der Waals surface area contributed by atoms with E-state index in [-0.39, 0.29) is 13.6 Å². The predicted molar refractivity (Wildman–Crippen MR) is 28.1 cm³/mol. The first-order valence-corrected chi connectivity index (χ1v) is 2.47. The zero-order valence-corrected chi connectivity index (χ0v) is 5.86. The highest BCUT2D eigenvalue weighted by molar-refractivity contribution is 3.92. The average Bonchev–Trinajstić information content (AvgIpc) is 1.97. The SMILES string of the molecule is COCOCOOOOC. The summed E-state index contributed by atoms with van der Waals surface area (Å²) in [6, 6.07) is 0. The van der Waals surface area contributed by atoms with E-state index >= 15 is 0 Å². The summed E-state index contributed by atoms with van der Waals surface area (Å²) in [4.78, 5) is 8.24. The molecule has 0 saturated carbocycles. The Morgan fingerprint density at radius 3 is 2.40 bits per heavy atom. The molecular weight excluding hydrogens is 144 g/mol. The van der Waals surface area contributed by atoms with Gasteiger partial charge < -0.3 is 9.47 Å². The molecule has 0 aliphatic rings. The summed E-state index contributed by atoms with van der Waals surface area (Å²) in [5.41, 5.74) is 0. The molecule has 0 saturated heterocycles. The van der Waals surface area contributed by atoms with Gasteiger partial charge in [0.25, 0.3) is 0 Å². The highest BCUT2D eigenvalue weighted by Crippen LogP contribution is 1.82. The maximum absolute atomic E-state index is 4.62. The van der Waals surface area contributed by atoms with Gasteiger partial charge in [-0.15, -0.1) is 0 Å². The molecule has 6 nitrogen and oxygen atoms in total. The van der Waals surface area contributed by atoms with E-state index in [2.05, 4.69) is 29.3 Å². The van der Waals surface area contributed by atoms with Gasteiger partial charge in [-0.25, -0.2) is 4.89 Å². The minimum absolute atomic E-state index is 0.0861. The Balaban J connectivity index is 2.65. The summed E-state index contributed by atoms with van der Waals surface area (Å²) in [6.45, 7) is 0.0491. The summed E-state index contributed by atoms with van der Waals surface area (Å²) in [5.74, 6) is 0. The Labute approximate surface area is 58.3 Å². The zero-order chi connectivity index (χ0) is 7.66. The molecule has 0 bridgehead atoms. The van der Waals surface area contributed by atoms with Crippen LogP contribution in [0.3, 0.4) is 0 Å². The molecule has 0 aromatic heterocycles. The maximum Gasteiger partial charge on any atom is 0.186 e. The molecule has 0 amide bonds. The maximum atomic E-state index is 4.62. The fraction of sp³-hybridized carbons (Fsp3) is 1.00. The van der Waals surface area contributed by atoms with E-state index in [9.17, 15) is 0 Å². The first kappa shape index (κ1) is 9.76. The lowest BCUT2D eigenvalue weighted by atomic mass is 11.3. The number of rotatable bonds is 7. The summed E-state index contributed by atoms with van der Waals surface area (Å²) in [7, 11) is 2.77. The van der Waals surface area contributed by atoms with Crippen LogP contribution in [0.1, 0.15) is 0 Å². The van der Waals surface area contributed by atoms with Crippen molar-refractivity contribution in [3.8, 4) is 0 Å². The Morgan fingerprint density at radius 1 is 1.00 bits per heavy atom. The quantitative estimate of drug-likeness (QED) is 0.223. The molecule has 0 aliphatic carbocycles. The molecular formula is C4H10O6. The van der Waals surface area contributed by atoms with Crippen LogP contribution in [0.25, 0.3) is 0 Å². The normalized spacial score (nSPS) is 10.2. The smallest absolute Gasteiger partial charge is 0.186 e. The van der Waals surface area contributed by atoms with Crippen LogP contribution in [0.15, 0.2) is 0 Å². The summed E-state index contributed by atoms with van der Waals surface area (Å²) < 4.78 is 9.14. The van der Waals surface area contributed by atoms with E-state index in [4.69, 9.17) is 0 Å². The Morgan fingerprint density at radius 2 is 1.80 bits per heavy atom. The molecule has 0 atom stereocenters. The summed E-state index contributed by atoms with van der Waals surface area (Å²) in [6.07, 6.45) is 0. The minimum atomic E-state index is -0.0861. The molecule has 0 aliphatic heterocycles. The first-order valence-electron chi connectivity index (χ1n) is 2.47. The van der Waals surface area contributed by atoms with Crippen molar-refractivity contribution in [1.29, 1.82) is 0 Å². The van der Waals surface area contributed by atoms with Gasteiger partial charge >= 0.3 is 0 Å². The van der Waals surface area contributed by atoms with Crippen LogP contribution in [-0.2, 0) is 29.3 Å². The molecule has 0 aromatic carbocycles. The molecule has 0 aromatic rings. The number of hydrogen-bond donors (Lipinski definition) is 0. The van der Waals surface area contributed by atoms with Crippen molar-refractivity contribution in [3.05, 3.63) is 0 Å². The largest absolute Gasteiger partial charge is 0.359 e. The van der Waals surface area contributed by atoms with Gasteiger partial charge in [-0.2, -0.15) is 4.89 Å². The number of methoxy groups -OCH3 is 1. The summed E-state index contributed by atoms with van der Waals surface area (Å²) in [5, 5.41) is 7.80. The molecule has 6 heteroatoms. The van der Waals surface area contributed by atoms with Crippen LogP contribution in [0, 0.1) is 0 Å². The van der Waals surface area contributed by atoms with Gasteiger partial charge in [0.2, 0.25) is 0 Å². The third kappa shape index (κ3) is 7.76. The lowest BCUT2D eigenvalue weighted by molar-refractivity contribution is -0.637. The third-order valence-corrected chi connectivity index (χ3v) is 0.477. The van der Waals surface area contributed by atoms with E-state index in [1.54, 1.807) is 0 Å². The van der Waals surface area contributed by atoms with E-state index in [0.717, 1.165) is 0 Å². The van der Waals surface area contributed by atoms with E-state index in [0.29, 0.717) is 0 Å². The molecule has 62 valence electrons. The van der Waals surface area contributed by atoms with Gasteiger partial charge in [-0.3, -0.25) is 0 Å². The standard InChI is InChI=1S/C4H10O6/c1-5-3-7-4-8-10-9-6-2/h3-4H2,1-2H3. The van der Waals surface area contributed by atoms with Crippen LogP contribution < -0.4 is 0 Å². The van der Waals surface area contributed by atoms with Gasteiger partial charge in [-0.05, 0) is 10.1 Å². The average molecular weight is 154 g/mol. The van der Waals surface area contributed by atoms with Crippen molar-refractivity contribution < 1.29 is 29.3 Å². The fourth-order valence-electron chi connectivity index (χ4n) is 0.218. The molecule has 10 heavy (non-hydrogen) atoms. The minimum Gasteiger partial charge on any atom is -0.359 e. The highest BCUT2D eigenvalue weighted by Gasteiger charge is 1.87. The van der Waals surface area contributed by atoms with Gasteiger partial charge in [0.1, 0.15) is 6.79 Å². The van der Waals surface area contributed by atoms with Gasteiger partial charge in [-0.1, -0.05) is 0 Å². The van der Waals surface area contributed by atoms with E-state index in [1.165, 1.54) is 14.2 Å².